The van der Waals surface area contributed by atoms with Gasteiger partial charge in [-0.3, -0.25) is 4.79 Å². The zero-order chi connectivity index (χ0) is 24.6. The monoisotopic (exact) mass is 504 g/mol. The van der Waals surface area contributed by atoms with Gasteiger partial charge in [-0.2, -0.15) is 0 Å². The van der Waals surface area contributed by atoms with E-state index < -0.39 is 5.60 Å². The molecule has 34 heavy (non-hydrogen) atoms. The van der Waals surface area contributed by atoms with Crippen LogP contribution in [0.2, 0.25) is 10.0 Å². The van der Waals surface area contributed by atoms with Crippen LogP contribution < -0.4 is 4.74 Å². The molecule has 0 bridgehead atoms. The topological polar surface area (TPSA) is 76.4 Å². The Hall–Kier alpha value is -2.97. The van der Waals surface area contributed by atoms with Crippen molar-refractivity contribution in [3.05, 3.63) is 52.4 Å². The number of nitrogens with zero attached hydrogens (tertiary/aromatic N) is 4. The van der Waals surface area contributed by atoms with E-state index in [2.05, 4.69) is 4.98 Å². The van der Waals surface area contributed by atoms with Crippen LogP contribution in [-0.2, 0) is 4.74 Å². The van der Waals surface area contributed by atoms with Gasteiger partial charge in [-0.1, -0.05) is 23.2 Å². The van der Waals surface area contributed by atoms with Gasteiger partial charge in [0.2, 0.25) is 0 Å². The van der Waals surface area contributed by atoms with Crippen molar-refractivity contribution in [3.63, 3.8) is 0 Å². The number of hydrogen-bond acceptors (Lipinski definition) is 5. The first-order chi connectivity index (χ1) is 16.1. The van der Waals surface area contributed by atoms with E-state index in [1.54, 1.807) is 39.6 Å². The van der Waals surface area contributed by atoms with Gasteiger partial charge in [0.05, 0.1) is 17.2 Å². The van der Waals surface area contributed by atoms with E-state index in [-0.39, 0.29) is 12.0 Å². The van der Waals surface area contributed by atoms with Crippen molar-refractivity contribution in [2.75, 3.05) is 33.3 Å². The third-order valence-corrected chi connectivity index (χ3v) is 6.27. The minimum atomic E-state index is -0.557. The molecule has 4 rings (SSSR count). The molecule has 0 radical (unpaired) electrons. The van der Waals surface area contributed by atoms with Crippen molar-refractivity contribution in [1.82, 2.24) is 19.2 Å². The molecule has 0 atom stereocenters. The number of benzene rings is 1. The van der Waals surface area contributed by atoms with Crippen molar-refractivity contribution >= 4 is 40.8 Å². The summed E-state index contributed by atoms with van der Waals surface area (Å²) in [5.74, 6) is 0.400. The number of ether oxygens (including phenoxy) is 2. The van der Waals surface area contributed by atoms with E-state index in [4.69, 9.17) is 32.7 Å². The molecule has 1 aliphatic rings. The molecule has 0 saturated carbocycles. The minimum absolute atomic E-state index is 0.188. The van der Waals surface area contributed by atoms with Crippen LogP contribution in [0.25, 0.3) is 16.8 Å². The quantitative estimate of drug-likeness (QED) is 0.500. The van der Waals surface area contributed by atoms with E-state index in [1.807, 2.05) is 39.1 Å². The molecule has 8 nitrogen and oxygen atoms in total. The zero-order valence-electron chi connectivity index (χ0n) is 19.5. The van der Waals surface area contributed by atoms with E-state index in [9.17, 15) is 9.59 Å². The summed E-state index contributed by atoms with van der Waals surface area (Å²) in [5.41, 5.74) is 1.79. The average Bonchev–Trinajstić information content (AvgIpc) is 3.22. The van der Waals surface area contributed by atoms with Crippen LogP contribution >= 0.6 is 23.2 Å². The van der Waals surface area contributed by atoms with Crippen LogP contribution in [0.4, 0.5) is 4.79 Å². The number of hydrogen-bond donors (Lipinski definition) is 0. The third-order valence-electron chi connectivity index (χ3n) is 5.46. The number of methoxy groups -OCH3 is 1. The van der Waals surface area contributed by atoms with Gasteiger partial charge in [0.15, 0.2) is 0 Å². The summed E-state index contributed by atoms with van der Waals surface area (Å²) >= 11 is 12.7. The Morgan fingerprint density at radius 3 is 2.35 bits per heavy atom. The van der Waals surface area contributed by atoms with Crippen LogP contribution in [0.1, 0.15) is 31.3 Å². The zero-order valence-corrected chi connectivity index (χ0v) is 21.0. The molecule has 0 N–H and O–H groups in total. The molecule has 2 aromatic heterocycles. The second-order valence-electron chi connectivity index (χ2n) is 9.01. The number of halogens is 2. The number of rotatable bonds is 3. The van der Waals surface area contributed by atoms with Gasteiger partial charge in [0.1, 0.15) is 22.7 Å². The number of fused-ring (bicyclic) bond motifs is 1. The van der Waals surface area contributed by atoms with Gasteiger partial charge in [-0.05, 0) is 50.6 Å². The van der Waals surface area contributed by atoms with Gasteiger partial charge in [0.25, 0.3) is 5.91 Å². The number of amides is 2. The second kappa shape index (κ2) is 9.35. The molecule has 0 unspecified atom stereocenters. The Bertz CT molecular complexity index is 1240. The van der Waals surface area contributed by atoms with Gasteiger partial charge in [-0.25, -0.2) is 9.78 Å². The molecule has 1 saturated heterocycles. The van der Waals surface area contributed by atoms with Crippen molar-refractivity contribution in [2.24, 2.45) is 0 Å². The maximum Gasteiger partial charge on any atom is 0.410 e. The normalized spacial score (nSPS) is 14.4. The van der Waals surface area contributed by atoms with Crippen LogP contribution in [0.5, 0.6) is 5.75 Å². The summed E-state index contributed by atoms with van der Waals surface area (Å²) < 4.78 is 12.6. The average molecular weight is 505 g/mol. The first kappa shape index (κ1) is 24.2. The Morgan fingerprint density at radius 1 is 1.03 bits per heavy atom. The second-order valence-corrected chi connectivity index (χ2v) is 9.79. The maximum absolute atomic E-state index is 13.1. The summed E-state index contributed by atoms with van der Waals surface area (Å²) in [6.07, 6.45) is 3.14. The Kier molecular flexibility index (Phi) is 6.64. The minimum Gasteiger partial charge on any atom is -0.496 e. The molecule has 10 heteroatoms. The molecule has 1 fully saturated rings. The number of imidazole rings is 1. The van der Waals surface area contributed by atoms with Gasteiger partial charge in [0, 0.05) is 44.1 Å². The molecular formula is C24H26Cl2N4O4. The highest BCUT2D eigenvalue weighted by atomic mass is 35.5. The first-order valence-corrected chi connectivity index (χ1v) is 11.6. The number of aromatic nitrogens is 2. The lowest BCUT2D eigenvalue weighted by atomic mass is 10.1. The summed E-state index contributed by atoms with van der Waals surface area (Å²) in [6, 6.07) is 7.13. The number of piperazine rings is 1. The van der Waals surface area contributed by atoms with Crippen LogP contribution in [-0.4, -0.2) is 70.1 Å². The molecule has 1 aromatic carbocycles. The van der Waals surface area contributed by atoms with Gasteiger partial charge in [-0.15, -0.1) is 0 Å². The van der Waals surface area contributed by atoms with E-state index in [1.165, 1.54) is 0 Å². The summed E-state index contributed by atoms with van der Waals surface area (Å²) in [6.45, 7) is 7.12. The largest absolute Gasteiger partial charge is 0.496 e. The third kappa shape index (κ3) is 4.93. The summed E-state index contributed by atoms with van der Waals surface area (Å²) in [7, 11) is 1.57. The standard InChI is InChI=1S/C24H26Cl2N4O4/c1-24(2,3)34-23(32)29-11-9-28(10-12-29)22(31)17-14-30-8-7-15(13-19(30)27-17)20-18(33-4)6-5-16(25)21(20)26/h5-8,13-14H,9-12H2,1-4H3. The van der Waals surface area contributed by atoms with Crippen molar-refractivity contribution in [2.45, 2.75) is 26.4 Å². The molecule has 0 aliphatic carbocycles. The number of carbonyl (C=O) groups excluding carboxylic acids is 2. The lowest BCUT2D eigenvalue weighted by Crippen LogP contribution is -2.51. The molecule has 3 aromatic rings. The fraction of sp³-hybridized carbons (Fsp3) is 0.375. The Morgan fingerprint density at radius 2 is 1.71 bits per heavy atom. The smallest absolute Gasteiger partial charge is 0.410 e. The summed E-state index contributed by atoms with van der Waals surface area (Å²) in [4.78, 5) is 33.2. The molecule has 1 aliphatic heterocycles. The van der Waals surface area contributed by atoms with Crippen molar-refractivity contribution < 1.29 is 19.1 Å². The van der Waals surface area contributed by atoms with Crippen molar-refractivity contribution in [3.8, 4) is 16.9 Å². The van der Waals surface area contributed by atoms with Gasteiger partial charge >= 0.3 is 6.09 Å². The van der Waals surface area contributed by atoms with Crippen LogP contribution in [0.15, 0.2) is 36.7 Å². The lowest BCUT2D eigenvalue weighted by Gasteiger charge is -2.35. The number of pyridine rings is 1. The number of carbonyl (C=O) groups is 2. The predicted octanol–water partition coefficient (Wildman–Crippen LogP) is 5.01. The fourth-order valence-electron chi connectivity index (χ4n) is 3.79. The highest BCUT2D eigenvalue weighted by Gasteiger charge is 2.29. The molecule has 2 amide bonds. The SMILES string of the molecule is COc1ccc(Cl)c(Cl)c1-c1ccn2cc(C(=O)N3CCN(C(=O)OC(C)(C)C)CC3)nc2c1. The van der Waals surface area contributed by atoms with Crippen LogP contribution in [0.3, 0.4) is 0 Å². The maximum atomic E-state index is 13.1. The predicted molar refractivity (Wildman–Crippen MR) is 131 cm³/mol. The molecule has 3 heterocycles. The van der Waals surface area contributed by atoms with E-state index >= 15 is 0 Å². The van der Waals surface area contributed by atoms with Crippen LogP contribution in [0, 0.1) is 0 Å². The Balaban J connectivity index is 1.52. The lowest BCUT2D eigenvalue weighted by molar-refractivity contribution is 0.0140. The van der Waals surface area contributed by atoms with E-state index in [0.29, 0.717) is 58.9 Å². The fourth-order valence-corrected chi connectivity index (χ4v) is 4.22. The summed E-state index contributed by atoms with van der Waals surface area (Å²) in [5, 5.41) is 0.804. The highest BCUT2D eigenvalue weighted by molar-refractivity contribution is 6.44. The van der Waals surface area contributed by atoms with Gasteiger partial charge < -0.3 is 23.7 Å². The molecular weight excluding hydrogens is 479 g/mol. The molecule has 0 spiro atoms. The highest BCUT2D eigenvalue weighted by Crippen LogP contribution is 2.40. The van der Waals surface area contributed by atoms with E-state index in [0.717, 1.165) is 5.56 Å². The Labute approximate surface area is 208 Å². The van der Waals surface area contributed by atoms with Crippen molar-refractivity contribution in [1.29, 1.82) is 0 Å². The molecule has 180 valence electrons. The first-order valence-electron chi connectivity index (χ1n) is 10.9.